The molecule has 0 aliphatic carbocycles. The molecule has 3 rings (SSSR count). The molecule has 1 atom stereocenters. The largest absolute Gasteiger partial charge is 0.493 e. The first-order chi connectivity index (χ1) is 9.69. The number of benzene rings is 2. The maximum Gasteiger partial charge on any atom is 0.312 e. The van der Waals surface area contributed by atoms with Crippen molar-refractivity contribution >= 4 is 5.97 Å². The maximum absolute atomic E-state index is 11.9. The van der Waals surface area contributed by atoms with Crippen LogP contribution in [0.3, 0.4) is 0 Å². The van der Waals surface area contributed by atoms with Crippen LogP contribution < -0.4 is 9.47 Å². The predicted molar refractivity (Wildman–Crippen MR) is 76.3 cm³/mol. The zero-order valence-corrected chi connectivity index (χ0v) is 11.6. The van der Waals surface area contributed by atoms with Crippen LogP contribution in [0.5, 0.6) is 11.5 Å². The summed E-state index contributed by atoms with van der Waals surface area (Å²) in [5, 5.41) is 0. The molecule has 1 heterocycles. The monoisotopic (exact) mass is 268 g/mol. The third-order valence-electron chi connectivity index (χ3n) is 3.67. The van der Waals surface area contributed by atoms with E-state index in [0.717, 1.165) is 11.1 Å². The Kier molecular flexibility index (Phi) is 3.18. The molecule has 3 nitrogen and oxygen atoms in total. The van der Waals surface area contributed by atoms with Gasteiger partial charge in [0, 0.05) is 11.5 Å². The van der Waals surface area contributed by atoms with E-state index in [9.17, 15) is 4.79 Å². The van der Waals surface area contributed by atoms with Crippen molar-refractivity contribution in [1.29, 1.82) is 0 Å². The summed E-state index contributed by atoms with van der Waals surface area (Å²) in [7, 11) is 1.58. The van der Waals surface area contributed by atoms with Gasteiger partial charge in [0.15, 0.2) is 11.5 Å². The van der Waals surface area contributed by atoms with Gasteiger partial charge in [0.05, 0.1) is 13.5 Å². The number of methoxy groups -OCH3 is 1. The van der Waals surface area contributed by atoms with Crippen molar-refractivity contribution in [3.63, 3.8) is 0 Å². The van der Waals surface area contributed by atoms with Gasteiger partial charge in [-0.1, -0.05) is 42.0 Å². The van der Waals surface area contributed by atoms with Crippen LogP contribution in [0, 0.1) is 6.92 Å². The first-order valence-electron chi connectivity index (χ1n) is 6.63. The maximum atomic E-state index is 11.9. The highest BCUT2D eigenvalue weighted by molar-refractivity contribution is 5.79. The number of aryl methyl sites for hydroxylation is 1. The molecule has 0 saturated carbocycles. The molecule has 20 heavy (non-hydrogen) atoms. The number of hydrogen-bond donors (Lipinski definition) is 0. The summed E-state index contributed by atoms with van der Waals surface area (Å²) < 4.78 is 10.7. The standard InChI is InChI=1S/C17H16O3/c1-11-6-8-12(9-7-11)14-10-16(18)20-17-13(14)4-3-5-15(17)19-2/h3-9,14H,10H2,1-2H3/t14-/m1/s1. The molecule has 0 saturated heterocycles. The van der Waals surface area contributed by atoms with Gasteiger partial charge in [-0.3, -0.25) is 4.79 Å². The van der Waals surface area contributed by atoms with E-state index in [1.807, 2.05) is 18.2 Å². The van der Waals surface area contributed by atoms with E-state index in [2.05, 4.69) is 31.2 Å². The molecule has 0 unspecified atom stereocenters. The van der Waals surface area contributed by atoms with Crippen molar-refractivity contribution in [1.82, 2.24) is 0 Å². The van der Waals surface area contributed by atoms with Crippen LogP contribution in [0.2, 0.25) is 0 Å². The Morgan fingerprint density at radius 3 is 2.60 bits per heavy atom. The van der Waals surface area contributed by atoms with Gasteiger partial charge < -0.3 is 9.47 Å². The third kappa shape index (κ3) is 2.16. The van der Waals surface area contributed by atoms with E-state index >= 15 is 0 Å². The van der Waals surface area contributed by atoms with E-state index in [1.54, 1.807) is 7.11 Å². The molecular formula is C17H16O3. The minimum atomic E-state index is -0.215. The van der Waals surface area contributed by atoms with E-state index in [-0.39, 0.29) is 11.9 Å². The number of carbonyl (C=O) groups is 1. The zero-order chi connectivity index (χ0) is 14.1. The van der Waals surface area contributed by atoms with Crippen molar-refractivity contribution in [2.24, 2.45) is 0 Å². The summed E-state index contributed by atoms with van der Waals surface area (Å²) in [6.45, 7) is 2.05. The lowest BCUT2D eigenvalue weighted by molar-refractivity contribution is -0.135. The number of hydrogen-bond acceptors (Lipinski definition) is 3. The molecule has 1 aliphatic rings. The molecule has 0 aromatic heterocycles. The van der Waals surface area contributed by atoms with Gasteiger partial charge in [0.2, 0.25) is 0 Å². The van der Waals surface area contributed by atoms with Crippen LogP contribution in [0.1, 0.15) is 29.0 Å². The van der Waals surface area contributed by atoms with Crippen LogP contribution in [-0.4, -0.2) is 13.1 Å². The molecular weight excluding hydrogens is 252 g/mol. The summed E-state index contributed by atoms with van der Waals surface area (Å²) in [6, 6.07) is 14.0. The quantitative estimate of drug-likeness (QED) is 0.618. The summed E-state index contributed by atoms with van der Waals surface area (Å²) >= 11 is 0. The fourth-order valence-corrected chi connectivity index (χ4v) is 2.61. The van der Waals surface area contributed by atoms with Gasteiger partial charge in [0.1, 0.15) is 0 Å². The second kappa shape index (κ2) is 5.00. The van der Waals surface area contributed by atoms with E-state index in [1.165, 1.54) is 5.56 Å². The average molecular weight is 268 g/mol. The smallest absolute Gasteiger partial charge is 0.312 e. The highest BCUT2D eigenvalue weighted by atomic mass is 16.6. The molecule has 0 amide bonds. The molecule has 1 aliphatic heterocycles. The van der Waals surface area contributed by atoms with Gasteiger partial charge in [-0.25, -0.2) is 0 Å². The van der Waals surface area contributed by atoms with Crippen LogP contribution in [0.4, 0.5) is 0 Å². The number of esters is 1. The highest BCUT2D eigenvalue weighted by Crippen LogP contribution is 2.43. The van der Waals surface area contributed by atoms with Crippen LogP contribution in [0.25, 0.3) is 0 Å². The fourth-order valence-electron chi connectivity index (χ4n) is 2.61. The lowest BCUT2D eigenvalue weighted by atomic mass is 9.86. The number of fused-ring (bicyclic) bond motifs is 1. The van der Waals surface area contributed by atoms with Crippen molar-refractivity contribution in [2.45, 2.75) is 19.3 Å². The third-order valence-corrected chi connectivity index (χ3v) is 3.67. The molecule has 3 heteroatoms. The predicted octanol–water partition coefficient (Wildman–Crippen LogP) is 3.44. The topological polar surface area (TPSA) is 35.5 Å². The van der Waals surface area contributed by atoms with Gasteiger partial charge in [-0.05, 0) is 18.6 Å². The van der Waals surface area contributed by atoms with Gasteiger partial charge in [0.25, 0.3) is 0 Å². The SMILES string of the molecule is COc1cccc2c1OC(=O)C[C@@H]2c1ccc(C)cc1. The molecule has 2 aromatic carbocycles. The Bertz CT molecular complexity index is 644. The first-order valence-corrected chi connectivity index (χ1v) is 6.63. The lowest BCUT2D eigenvalue weighted by Gasteiger charge is -2.26. The van der Waals surface area contributed by atoms with E-state index < -0.39 is 0 Å². The molecule has 0 radical (unpaired) electrons. The highest BCUT2D eigenvalue weighted by Gasteiger charge is 2.30. The Balaban J connectivity index is 2.10. The second-order valence-corrected chi connectivity index (χ2v) is 5.02. The fraction of sp³-hybridized carbons (Fsp3) is 0.235. The lowest BCUT2D eigenvalue weighted by Crippen LogP contribution is -2.21. The van der Waals surface area contributed by atoms with Crippen LogP contribution in [-0.2, 0) is 4.79 Å². The van der Waals surface area contributed by atoms with Crippen molar-refractivity contribution in [2.75, 3.05) is 7.11 Å². The number of ether oxygens (including phenoxy) is 2. The van der Waals surface area contributed by atoms with Crippen LogP contribution >= 0.6 is 0 Å². The van der Waals surface area contributed by atoms with Gasteiger partial charge in [-0.15, -0.1) is 0 Å². The molecule has 0 spiro atoms. The summed E-state index contributed by atoms with van der Waals surface area (Å²) in [4.78, 5) is 11.9. The Morgan fingerprint density at radius 1 is 1.15 bits per heavy atom. The Hall–Kier alpha value is -2.29. The number of carbonyl (C=O) groups excluding carboxylic acids is 1. The number of rotatable bonds is 2. The summed E-state index contributed by atoms with van der Waals surface area (Å²) in [6.07, 6.45) is 0.364. The van der Waals surface area contributed by atoms with Crippen LogP contribution in [0.15, 0.2) is 42.5 Å². The molecule has 102 valence electrons. The van der Waals surface area contributed by atoms with Crippen molar-refractivity contribution in [3.05, 3.63) is 59.2 Å². The average Bonchev–Trinajstić information content (AvgIpc) is 2.46. The summed E-state index contributed by atoms with van der Waals surface area (Å²) in [5.74, 6) is 0.971. The number of para-hydroxylation sites is 1. The Morgan fingerprint density at radius 2 is 1.90 bits per heavy atom. The molecule has 2 aromatic rings. The zero-order valence-electron chi connectivity index (χ0n) is 11.6. The van der Waals surface area contributed by atoms with Crippen molar-refractivity contribution < 1.29 is 14.3 Å². The van der Waals surface area contributed by atoms with Gasteiger partial charge >= 0.3 is 5.97 Å². The van der Waals surface area contributed by atoms with E-state index in [0.29, 0.717) is 17.9 Å². The summed E-state index contributed by atoms with van der Waals surface area (Å²) in [5.41, 5.74) is 3.34. The normalized spacial score (nSPS) is 17.3. The van der Waals surface area contributed by atoms with Gasteiger partial charge in [-0.2, -0.15) is 0 Å². The van der Waals surface area contributed by atoms with Crippen molar-refractivity contribution in [3.8, 4) is 11.5 Å². The molecule has 0 N–H and O–H groups in total. The van der Waals surface area contributed by atoms with E-state index in [4.69, 9.17) is 9.47 Å². The molecule has 0 bridgehead atoms. The molecule has 0 fully saturated rings. The minimum absolute atomic E-state index is 0.0296. The Labute approximate surface area is 118 Å². The minimum Gasteiger partial charge on any atom is -0.493 e. The second-order valence-electron chi connectivity index (χ2n) is 5.02. The first kappa shape index (κ1) is 12.7.